The molecule has 1 saturated heterocycles. The summed E-state index contributed by atoms with van der Waals surface area (Å²) in [5.41, 5.74) is 1.36. The molecule has 1 amide bonds. The second kappa shape index (κ2) is 7.14. The molecule has 3 rings (SSSR count). The number of amidine groups is 1. The maximum Gasteiger partial charge on any atom is 0.270 e. The number of nitro benzene ring substituents is 1. The zero-order valence-electron chi connectivity index (χ0n) is 12.1. The van der Waals surface area contributed by atoms with Gasteiger partial charge in [-0.05, 0) is 58.1 Å². The van der Waals surface area contributed by atoms with Crippen LogP contribution in [-0.4, -0.2) is 16.0 Å². The molecular weight excluding hydrogens is 441 g/mol. The van der Waals surface area contributed by atoms with E-state index in [1.807, 2.05) is 24.3 Å². The highest BCUT2D eigenvalue weighted by molar-refractivity contribution is 14.1. The number of hydrogen-bond acceptors (Lipinski definition) is 5. The van der Waals surface area contributed by atoms with Crippen LogP contribution in [0.25, 0.3) is 6.08 Å². The molecular formula is C16H10IN3O3S. The number of rotatable bonds is 3. The van der Waals surface area contributed by atoms with E-state index >= 15 is 0 Å². The van der Waals surface area contributed by atoms with Gasteiger partial charge in [-0.3, -0.25) is 14.9 Å². The lowest BCUT2D eigenvalue weighted by atomic mass is 10.2. The third-order valence-electron chi connectivity index (χ3n) is 3.10. The summed E-state index contributed by atoms with van der Waals surface area (Å²) in [5, 5.41) is 14.0. The van der Waals surface area contributed by atoms with Crippen molar-refractivity contribution in [1.29, 1.82) is 0 Å². The Balaban J connectivity index is 1.86. The fourth-order valence-corrected chi connectivity index (χ4v) is 3.35. The maximum atomic E-state index is 12.1. The van der Waals surface area contributed by atoms with Gasteiger partial charge in [-0.15, -0.1) is 0 Å². The molecule has 120 valence electrons. The highest BCUT2D eigenvalue weighted by Crippen LogP contribution is 2.30. The number of nitrogens with zero attached hydrogens (tertiary/aromatic N) is 2. The molecule has 1 fully saturated rings. The highest BCUT2D eigenvalue weighted by Gasteiger charge is 2.24. The molecule has 2 aromatic carbocycles. The second-order valence-corrected chi connectivity index (χ2v) is 6.98. The van der Waals surface area contributed by atoms with Crippen molar-refractivity contribution in [2.24, 2.45) is 4.99 Å². The molecule has 0 aliphatic carbocycles. The van der Waals surface area contributed by atoms with E-state index in [2.05, 4.69) is 32.9 Å². The standard InChI is InChI=1S/C16H10IN3O3S/c17-12-6-1-2-7-13(12)18-16-19-15(21)14(24-16)9-10-4-3-5-11(8-10)20(22)23/h1-9H,(H,18,19,21)/b14-9+. The van der Waals surface area contributed by atoms with Gasteiger partial charge >= 0.3 is 0 Å². The van der Waals surface area contributed by atoms with Crippen molar-refractivity contribution in [1.82, 2.24) is 5.32 Å². The van der Waals surface area contributed by atoms with Gasteiger partial charge in [0.15, 0.2) is 5.17 Å². The Morgan fingerprint density at radius 2 is 2.00 bits per heavy atom. The molecule has 1 heterocycles. The fourth-order valence-electron chi connectivity index (χ4n) is 2.01. The quantitative estimate of drug-likeness (QED) is 0.330. The van der Waals surface area contributed by atoms with Gasteiger partial charge in [0, 0.05) is 15.7 Å². The minimum atomic E-state index is -0.464. The molecule has 0 atom stereocenters. The zero-order valence-corrected chi connectivity index (χ0v) is 15.1. The molecule has 0 saturated carbocycles. The number of non-ortho nitro benzene ring substituents is 1. The number of carbonyl (C=O) groups is 1. The Labute approximate surface area is 155 Å². The average Bonchev–Trinajstić information content (AvgIpc) is 2.89. The summed E-state index contributed by atoms with van der Waals surface area (Å²) < 4.78 is 0.980. The van der Waals surface area contributed by atoms with Crippen LogP contribution < -0.4 is 5.32 Å². The number of nitro groups is 1. The molecule has 0 bridgehead atoms. The predicted molar refractivity (Wildman–Crippen MR) is 103 cm³/mol. The number of hydrogen-bond donors (Lipinski definition) is 1. The van der Waals surface area contributed by atoms with Gasteiger partial charge in [0.1, 0.15) is 0 Å². The highest BCUT2D eigenvalue weighted by atomic mass is 127. The van der Waals surface area contributed by atoms with Gasteiger partial charge in [-0.2, -0.15) is 0 Å². The maximum absolute atomic E-state index is 12.1. The first kappa shape index (κ1) is 16.7. The van der Waals surface area contributed by atoms with Gasteiger partial charge in [-0.25, -0.2) is 4.99 Å². The lowest BCUT2D eigenvalue weighted by Gasteiger charge is -1.98. The minimum Gasteiger partial charge on any atom is -0.300 e. The van der Waals surface area contributed by atoms with E-state index in [0.717, 1.165) is 9.26 Å². The van der Waals surface area contributed by atoms with Gasteiger partial charge in [0.25, 0.3) is 11.6 Å². The number of nitrogens with one attached hydrogen (secondary N) is 1. The molecule has 1 aliphatic heterocycles. The van der Waals surface area contributed by atoms with Crippen molar-refractivity contribution < 1.29 is 9.72 Å². The Bertz CT molecular complexity index is 896. The average molecular weight is 451 g/mol. The largest absolute Gasteiger partial charge is 0.300 e. The van der Waals surface area contributed by atoms with Gasteiger partial charge in [-0.1, -0.05) is 24.3 Å². The summed E-state index contributed by atoms with van der Waals surface area (Å²) in [5.74, 6) is -0.267. The number of amides is 1. The van der Waals surface area contributed by atoms with Gasteiger partial charge in [0.2, 0.25) is 0 Å². The van der Waals surface area contributed by atoms with Crippen LogP contribution in [0, 0.1) is 13.7 Å². The van der Waals surface area contributed by atoms with E-state index < -0.39 is 4.92 Å². The van der Waals surface area contributed by atoms with Crippen LogP contribution in [0.4, 0.5) is 11.4 Å². The van der Waals surface area contributed by atoms with Crippen LogP contribution in [0.1, 0.15) is 5.56 Å². The number of carbonyl (C=O) groups excluding carboxylic acids is 1. The van der Waals surface area contributed by atoms with Crippen molar-refractivity contribution in [2.45, 2.75) is 0 Å². The Kier molecular flexibility index (Phi) is 4.95. The summed E-state index contributed by atoms with van der Waals surface area (Å²) in [4.78, 5) is 27.3. The smallest absolute Gasteiger partial charge is 0.270 e. The SMILES string of the molecule is O=C1NC(=Nc2ccccc2I)S/C1=C/c1cccc([N+](=O)[O-])c1. The van der Waals surface area contributed by atoms with Crippen LogP contribution >= 0.6 is 34.4 Å². The summed E-state index contributed by atoms with van der Waals surface area (Å²) in [7, 11) is 0. The molecule has 1 N–H and O–H groups in total. The molecule has 24 heavy (non-hydrogen) atoms. The van der Waals surface area contributed by atoms with E-state index in [0.29, 0.717) is 15.6 Å². The summed E-state index contributed by atoms with van der Waals surface area (Å²) >= 11 is 3.39. The minimum absolute atomic E-state index is 0.0134. The Hall–Kier alpha value is -2.20. The molecule has 8 heteroatoms. The zero-order chi connectivity index (χ0) is 17.1. The number of halogens is 1. The Morgan fingerprint density at radius 1 is 1.21 bits per heavy atom. The first-order valence-electron chi connectivity index (χ1n) is 6.81. The molecule has 2 aromatic rings. The molecule has 0 aromatic heterocycles. The van der Waals surface area contributed by atoms with Crippen LogP contribution in [0.3, 0.4) is 0 Å². The number of benzene rings is 2. The summed E-state index contributed by atoms with van der Waals surface area (Å²) in [6, 6.07) is 13.7. The number of aliphatic imine (C=N–C) groups is 1. The molecule has 0 spiro atoms. The molecule has 0 unspecified atom stereocenters. The fraction of sp³-hybridized carbons (Fsp3) is 0. The van der Waals surface area contributed by atoms with Crippen molar-refractivity contribution >= 4 is 62.9 Å². The van der Waals surface area contributed by atoms with Crippen LogP contribution in [0.2, 0.25) is 0 Å². The van der Waals surface area contributed by atoms with E-state index in [1.54, 1.807) is 18.2 Å². The first-order valence-corrected chi connectivity index (χ1v) is 8.71. The van der Waals surface area contributed by atoms with E-state index in [1.165, 1.54) is 23.9 Å². The van der Waals surface area contributed by atoms with E-state index in [9.17, 15) is 14.9 Å². The summed E-state index contributed by atoms with van der Waals surface area (Å²) in [6.07, 6.45) is 1.62. The topological polar surface area (TPSA) is 84.6 Å². The van der Waals surface area contributed by atoms with Crippen molar-refractivity contribution in [3.05, 3.63) is 72.7 Å². The van der Waals surface area contributed by atoms with Gasteiger partial charge in [0.05, 0.1) is 15.5 Å². The van der Waals surface area contributed by atoms with Crippen LogP contribution in [0.15, 0.2) is 58.4 Å². The van der Waals surface area contributed by atoms with Crippen LogP contribution in [0.5, 0.6) is 0 Å². The normalized spacial score (nSPS) is 17.3. The van der Waals surface area contributed by atoms with E-state index in [4.69, 9.17) is 0 Å². The second-order valence-electron chi connectivity index (χ2n) is 4.79. The van der Waals surface area contributed by atoms with Gasteiger partial charge < -0.3 is 5.32 Å². The Morgan fingerprint density at radius 3 is 2.75 bits per heavy atom. The third kappa shape index (κ3) is 3.82. The van der Waals surface area contributed by atoms with E-state index in [-0.39, 0.29) is 11.6 Å². The van der Waals surface area contributed by atoms with Crippen molar-refractivity contribution in [2.75, 3.05) is 0 Å². The lowest BCUT2D eigenvalue weighted by Crippen LogP contribution is -2.19. The van der Waals surface area contributed by atoms with Crippen LogP contribution in [-0.2, 0) is 4.79 Å². The van der Waals surface area contributed by atoms with Crippen molar-refractivity contribution in [3.63, 3.8) is 0 Å². The molecule has 0 radical (unpaired) electrons. The molecule has 1 aliphatic rings. The van der Waals surface area contributed by atoms with Crippen molar-refractivity contribution in [3.8, 4) is 0 Å². The lowest BCUT2D eigenvalue weighted by molar-refractivity contribution is -0.384. The monoisotopic (exact) mass is 451 g/mol. The summed E-state index contributed by atoms with van der Waals surface area (Å²) in [6.45, 7) is 0. The number of thioether (sulfide) groups is 1. The predicted octanol–water partition coefficient (Wildman–Crippen LogP) is 4.09. The molecule has 6 nitrogen and oxygen atoms in total. The first-order chi connectivity index (χ1) is 11.5. The number of para-hydroxylation sites is 1. The third-order valence-corrected chi connectivity index (χ3v) is 4.93.